The summed E-state index contributed by atoms with van der Waals surface area (Å²) in [6.07, 6.45) is 0.735. The molecule has 5 N–H and O–H groups in total. The van der Waals surface area contributed by atoms with Gasteiger partial charge in [-0.2, -0.15) is 0 Å². The highest BCUT2D eigenvalue weighted by Crippen LogP contribution is 2.38. The molecule has 0 spiro atoms. The molecule has 5 nitrogen and oxygen atoms in total. The first kappa shape index (κ1) is 19.4. The van der Waals surface area contributed by atoms with Crippen LogP contribution in [-0.2, 0) is 0 Å². The van der Waals surface area contributed by atoms with Crippen LogP contribution >= 0.6 is 0 Å². The zero-order valence-electron chi connectivity index (χ0n) is 15.3. The number of hydrogen-bond acceptors (Lipinski definition) is 5. The number of pyridine rings is 1. The van der Waals surface area contributed by atoms with E-state index >= 15 is 0 Å². The highest BCUT2D eigenvalue weighted by Gasteiger charge is 2.13. The Kier molecular flexibility index (Phi) is 5.90. The van der Waals surface area contributed by atoms with Gasteiger partial charge in [-0.1, -0.05) is 30.2 Å². The van der Waals surface area contributed by atoms with Crippen molar-refractivity contribution in [3.63, 3.8) is 0 Å². The van der Waals surface area contributed by atoms with Crippen LogP contribution in [0.4, 0.5) is 10.1 Å². The molecule has 0 saturated heterocycles. The number of nitrogens with zero attached hydrogens (tertiary/aromatic N) is 1. The van der Waals surface area contributed by atoms with Gasteiger partial charge in [0, 0.05) is 17.3 Å². The predicted molar refractivity (Wildman–Crippen MR) is 108 cm³/mol. The number of rotatable bonds is 4. The molecule has 3 aromatic rings. The van der Waals surface area contributed by atoms with Crippen molar-refractivity contribution < 1.29 is 14.6 Å². The Morgan fingerprint density at radius 1 is 1.14 bits per heavy atom. The minimum Gasteiger partial charge on any atom is -0.507 e. The summed E-state index contributed by atoms with van der Waals surface area (Å²) in [6.45, 7) is 1.74. The zero-order chi connectivity index (χ0) is 20.1. The Balaban J connectivity index is 2.01. The number of phenols is 1. The van der Waals surface area contributed by atoms with Crippen LogP contribution in [-0.4, -0.2) is 28.0 Å². The van der Waals surface area contributed by atoms with E-state index in [0.29, 0.717) is 22.4 Å². The SMILES string of the molecule is CC(O)Nc1ccc(-c2cccc(-c3ccnc(C#CCN)c3)c2O)cc1F. The number of aromatic hydroxyl groups is 1. The monoisotopic (exact) mass is 377 g/mol. The lowest BCUT2D eigenvalue weighted by Gasteiger charge is -2.13. The van der Waals surface area contributed by atoms with E-state index in [1.165, 1.54) is 19.1 Å². The van der Waals surface area contributed by atoms with E-state index in [2.05, 4.69) is 22.1 Å². The van der Waals surface area contributed by atoms with E-state index in [1.54, 1.807) is 42.6 Å². The quantitative estimate of drug-likeness (QED) is 0.414. The van der Waals surface area contributed by atoms with Gasteiger partial charge in [0.05, 0.1) is 12.2 Å². The molecule has 0 saturated carbocycles. The molecule has 2 aromatic carbocycles. The maximum atomic E-state index is 14.3. The van der Waals surface area contributed by atoms with E-state index in [9.17, 15) is 14.6 Å². The van der Waals surface area contributed by atoms with Gasteiger partial charge in [0.25, 0.3) is 0 Å². The van der Waals surface area contributed by atoms with Crippen LogP contribution in [0.15, 0.2) is 54.7 Å². The summed E-state index contributed by atoms with van der Waals surface area (Å²) in [7, 11) is 0. The van der Waals surface area contributed by atoms with Crippen molar-refractivity contribution in [1.29, 1.82) is 0 Å². The van der Waals surface area contributed by atoms with Crippen LogP contribution < -0.4 is 11.1 Å². The number of phenolic OH excluding ortho intramolecular Hbond substituents is 1. The van der Waals surface area contributed by atoms with Gasteiger partial charge in [-0.3, -0.25) is 0 Å². The molecule has 28 heavy (non-hydrogen) atoms. The van der Waals surface area contributed by atoms with Gasteiger partial charge in [-0.05, 0) is 48.2 Å². The Bertz CT molecular complexity index is 1060. The molecule has 0 aliphatic rings. The number of nitrogens with one attached hydrogen (secondary N) is 1. The van der Waals surface area contributed by atoms with Crippen LogP contribution in [0.25, 0.3) is 22.3 Å². The lowest BCUT2D eigenvalue weighted by molar-refractivity contribution is 0.224. The van der Waals surface area contributed by atoms with Crippen LogP contribution in [0.1, 0.15) is 12.6 Å². The molecule has 1 atom stereocenters. The third-order valence-electron chi connectivity index (χ3n) is 4.07. The molecular weight excluding hydrogens is 357 g/mol. The first-order valence-electron chi connectivity index (χ1n) is 8.71. The first-order valence-corrected chi connectivity index (χ1v) is 8.71. The smallest absolute Gasteiger partial charge is 0.146 e. The molecule has 0 bridgehead atoms. The van der Waals surface area contributed by atoms with E-state index in [0.717, 1.165) is 5.56 Å². The van der Waals surface area contributed by atoms with Gasteiger partial charge in [-0.15, -0.1) is 0 Å². The number of hydrogen-bond donors (Lipinski definition) is 4. The molecule has 3 rings (SSSR count). The van der Waals surface area contributed by atoms with Crippen molar-refractivity contribution >= 4 is 5.69 Å². The predicted octanol–water partition coefficient (Wildman–Crippen LogP) is 3.32. The summed E-state index contributed by atoms with van der Waals surface area (Å²) in [6, 6.07) is 13.3. The van der Waals surface area contributed by atoms with Crippen molar-refractivity contribution in [3.8, 4) is 39.8 Å². The fourth-order valence-electron chi connectivity index (χ4n) is 2.84. The van der Waals surface area contributed by atoms with Crippen molar-refractivity contribution in [1.82, 2.24) is 4.98 Å². The summed E-state index contributed by atoms with van der Waals surface area (Å²) >= 11 is 0. The Morgan fingerprint density at radius 2 is 1.86 bits per heavy atom. The number of para-hydroxylation sites is 1. The van der Waals surface area contributed by atoms with Crippen LogP contribution in [0.2, 0.25) is 0 Å². The highest BCUT2D eigenvalue weighted by atomic mass is 19.1. The maximum absolute atomic E-state index is 14.3. The fraction of sp³-hybridized carbons (Fsp3) is 0.136. The number of halogens is 1. The third-order valence-corrected chi connectivity index (χ3v) is 4.07. The highest BCUT2D eigenvalue weighted by molar-refractivity contribution is 5.82. The number of aromatic nitrogens is 1. The topological polar surface area (TPSA) is 91.4 Å². The standard InChI is InChI=1S/C22H20FN3O2/c1-14(27)26-21-8-7-15(13-20(21)23)18-5-2-6-19(22(18)28)16-9-11-25-17(12-16)4-3-10-24/h2,5-9,11-14,26-28H,10,24H2,1H3. The fourth-order valence-corrected chi connectivity index (χ4v) is 2.84. The first-order chi connectivity index (χ1) is 13.5. The van der Waals surface area contributed by atoms with Crippen molar-refractivity contribution in [2.24, 2.45) is 5.73 Å². The third kappa shape index (κ3) is 4.29. The number of nitrogens with two attached hydrogens (primary N) is 1. The van der Waals surface area contributed by atoms with Gasteiger partial charge in [0.15, 0.2) is 0 Å². The van der Waals surface area contributed by atoms with Crippen LogP contribution in [0.3, 0.4) is 0 Å². The average Bonchev–Trinajstić information content (AvgIpc) is 2.68. The second-order valence-electron chi connectivity index (χ2n) is 6.15. The maximum Gasteiger partial charge on any atom is 0.146 e. The molecule has 0 amide bonds. The normalized spacial score (nSPS) is 11.4. The molecule has 0 aliphatic heterocycles. The minimum absolute atomic E-state index is 0.0297. The summed E-state index contributed by atoms with van der Waals surface area (Å²) in [5.74, 6) is 5.12. The largest absolute Gasteiger partial charge is 0.507 e. The zero-order valence-corrected chi connectivity index (χ0v) is 15.3. The van der Waals surface area contributed by atoms with Crippen LogP contribution in [0, 0.1) is 17.7 Å². The molecular formula is C22H20FN3O2. The molecule has 1 aromatic heterocycles. The van der Waals surface area contributed by atoms with Gasteiger partial charge in [0.1, 0.15) is 23.5 Å². The lowest BCUT2D eigenvalue weighted by Crippen LogP contribution is -2.14. The van der Waals surface area contributed by atoms with E-state index < -0.39 is 12.0 Å². The molecule has 6 heteroatoms. The molecule has 1 unspecified atom stereocenters. The van der Waals surface area contributed by atoms with Crippen molar-refractivity contribution in [2.75, 3.05) is 11.9 Å². The lowest BCUT2D eigenvalue weighted by atomic mass is 9.97. The molecule has 1 heterocycles. The van der Waals surface area contributed by atoms with Gasteiger partial charge in [-0.25, -0.2) is 9.37 Å². The summed E-state index contributed by atoms with van der Waals surface area (Å²) in [5, 5.41) is 22.8. The second kappa shape index (κ2) is 8.53. The van der Waals surface area contributed by atoms with Gasteiger partial charge in [0.2, 0.25) is 0 Å². The average molecular weight is 377 g/mol. The molecule has 0 fully saturated rings. The summed E-state index contributed by atoms with van der Waals surface area (Å²) in [5.41, 5.74) is 8.46. The Morgan fingerprint density at radius 3 is 2.50 bits per heavy atom. The van der Waals surface area contributed by atoms with E-state index in [4.69, 9.17) is 5.73 Å². The molecule has 142 valence electrons. The minimum atomic E-state index is -0.875. The summed E-state index contributed by atoms with van der Waals surface area (Å²) in [4.78, 5) is 4.17. The molecule has 0 aliphatic carbocycles. The van der Waals surface area contributed by atoms with Crippen LogP contribution in [0.5, 0.6) is 5.75 Å². The van der Waals surface area contributed by atoms with E-state index in [1.807, 2.05) is 0 Å². The van der Waals surface area contributed by atoms with E-state index in [-0.39, 0.29) is 18.0 Å². The number of aliphatic hydroxyl groups is 1. The number of aliphatic hydroxyl groups excluding tert-OH is 1. The van der Waals surface area contributed by atoms with Crippen molar-refractivity contribution in [3.05, 3.63) is 66.2 Å². The van der Waals surface area contributed by atoms with Gasteiger partial charge >= 0.3 is 0 Å². The molecule has 0 radical (unpaired) electrons. The van der Waals surface area contributed by atoms with Crippen molar-refractivity contribution in [2.45, 2.75) is 13.2 Å². The van der Waals surface area contributed by atoms with Gasteiger partial charge < -0.3 is 21.3 Å². The summed E-state index contributed by atoms with van der Waals surface area (Å²) < 4.78 is 14.3. The Labute approximate surface area is 162 Å². The number of anilines is 1. The second-order valence-corrected chi connectivity index (χ2v) is 6.15. The number of benzene rings is 2. The Hall–Kier alpha value is -3.40.